The molecule has 7 heteroatoms. The van der Waals surface area contributed by atoms with Gasteiger partial charge in [0, 0.05) is 6.54 Å². The third-order valence-corrected chi connectivity index (χ3v) is 4.78. The van der Waals surface area contributed by atoms with Crippen LogP contribution in [0.2, 0.25) is 10.0 Å². The molecule has 0 aliphatic carbocycles. The lowest BCUT2D eigenvalue weighted by Gasteiger charge is -2.17. The van der Waals surface area contributed by atoms with Crippen molar-refractivity contribution in [2.45, 2.75) is 6.54 Å². The number of nitriles is 1. The molecule has 2 aromatic carbocycles. The van der Waals surface area contributed by atoms with E-state index in [9.17, 15) is 10.4 Å². The number of imidazole rings is 1. The van der Waals surface area contributed by atoms with Crippen molar-refractivity contribution in [2.75, 3.05) is 13.6 Å². The summed E-state index contributed by atoms with van der Waals surface area (Å²) in [5, 5.41) is 20.9. The molecule has 0 aliphatic heterocycles. The monoisotopic (exact) mass is 386 g/mol. The molecule has 1 aromatic heterocycles. The minimum absolute atomic E-state index is 0.0628. The molecule has 0 bridgehead atoms. The lowest BCUT2D eigenvalue weighted by Crippen LogP contribution is -2.21. The van der Waals surface area contributed by atoms with Crippen LogP contribution in [-0.2, 0) is 6.54 Å². The van der Waals surface area contributed by atoms with E-state index in [2.05, 4.69) is 9.97 Å². The van der Waals surface area contributed by atoms with Gasteiger partial charge in [-0.3, -0.25) is 4.90 Å². The summed E-state index contributed by atoms with van der Waals surface area (Å²) in [7, 11) is 1.82. The number of aliphatic hydroxyl groups excluding tert-OH is 1. The summed E-state index contributed by atoms with van der Waals surface area (Å²) >= 11 is 12.2. The number of fused-ring (bicyclic) bond motifs is 1. The fourth-order valence-corrected chi connectivity index (χ4v) is 3.06. The normalized spacial score (nSPS) is 12.3. The number of para-hydroxylation sites is 2. The highest BCUT2D eigenvalue weighted by Gasteiger charge is 2.15. The lowest BCUT2D eigenvalue weighted by atomic mass is 10.2. The molecule has 0 unspecified atom stereocenters. The Morgan fingerprint density at radius 1 is 1.23 bits per heavy atom. The molecule has 3 rings (SSSR count). The van der Waals surface area contributed by atoms with Crippen LogP contribution in [-0.4, -0.2) is 33.6 Å². The van der Waals surface area contributed by atoms with Gasteiger partial charge in [0.1, 0.15) is 17.4 Å². The Bertz CT molecular complexity index is 987. The van der Waals surface area contributed by atoms with Crippen molar-refractivity contribution in [3.63, 3.8) is 0 Å². The minimum atomic E-state index is -0.0628. The number of nitrogens with one attached hydrogen (secondary N) is 1. The Balaban J connectivity index is 1.82. The van der Waals surface area contributed by atoms with E-state index in [1.165, 1.54) is 0 Å². The van der Waals surface area contributed by atoms with Crippen molar-refractivity contribution in [1.82, 2.24) is 14.9 Å². The van der Waals surface area contributed by atoms with Crippen LogP contribution >= 0.6 is 23.2 Å². The molecular formula is C19H16Cl2N4O. The van der Waals surface area contributed by atoms with Gasteiger partial charge in [-0.2, -0.15) is 5.26 Å². The summed E-state index contributed by atoms with van der Waals surface area (Å²) in [4.78, 5) is 9.27. The van der Waals surface area contributed by atoms with Gasteiger partial charge in [-0.1, -0.05) is 47.5 Å². The third kappa shape index (κ3) is 3.83. The molecule has 2 N–H and O–H groups in total. The zero-order valence-electron chi connectivity index (χ0n) is 14.0. The van der Waals surface area contributed by atoms with E-state index in [1.54, 1.807) is 6.07 Å². The third-order valence-electron chi connectivity index (χ3n) is 3.92. The number of H-pyrrole nitrogens is 1. The number of aromatic amines is 1. The highest BCUT2D eigenvalue weighted by Crippen LogP contribution is 2.26. The molecule has 5 nitrogen and oxygen atoms in total. The van der Waals surface area contributed by atoms with Crippen LogP contribution < -0.4 is 0 Å². The molecule has 0 radical (unpaired) electrons. The Kier molecular flexibility index (Phi) is 5.48. The van der Waals surface area contributed by atoms with E-state index < -0.39 is 0 Å². The lowest BCUT2D eigenvalue weighted by molar-refractivity contribution is 0.286. The zero-order chi connectivity index (χ0) is 18.7. The van der Waals surface area contributed by atoms with Crippen LogP contribution in [0.5, 0.6) is 0 Å². The molecule has 0 fully saturated rings. The van der Waals surface area contributed by atoms with Crippen LogP contribution in [0.15, 0.2) is 48.2 Å². The molecule has 0 saturated heterocycles. The SMILES string of the molecule is CN(C/C(O)=C(\C#N)c1nc2ccccc2[nH]1)Cc1cccc(Cl)c1Cl. The van der Waals surface area contributed by atoms with Crippen molar-refractivity contribution in [3.8, 4) is 6.07 Å². The summed E-state index contributed by atoms with van der Waals surface area (Å²) in [6.07, 6.45) is 0. The quantitative estimate of drug-likeness (QED) is 0.487. The van der Waals surface area contributed by atoms with Crippen LogP contribution in [0.4, 0.5) is 0 Å². The first-order valence-electron chi connectivity index (χ1n) is 7.88. The largest absolute Gasteiger partial charge is 0.509 e. The first kappa shape index (κ1) is 18.3. The second-order valence-electron chi connectivity index (χ2n) is 5.92. The predicted molar refractivity (Wildman–Crippen MR) is 104 cm³/mol. The maximum atomic E-state index is 10.5. The van der Waals surface area contributed by atoms with Gasteiger partial charge in [0.25, 0.3) is 0 Å². The molecule has 0 spiro atoms. The van der Waals surface area contributed by atoms with Gasteiger partial charge in [-0.05, 0) is 30.8 Å². The van der Waals surface area contributed by atoms with Crippen molar-refractivity contribution in [3.05, 3.63) is 69.7 Å². The summed E-state index contributed by atoms with van der Waals surface area (Å²) in [5.74, 6) is 0.285. The number of benzene rings is 2. The highest BCUT2D eigenvalue weighted by molar-refractivity contribution is 6.42. The Morgan fingerprint density at radius 3 is 2.73 bits per heavy atom. The molecule has 26 heavy (non-hydrogen) atoms. The molecular weight excluding hydrogens is 371 g/mol. The van der Waals surface area contributed by atoms with E-state index in [0.717, 1.165) is 16.6 Å². The molecule has 0 amide bonds. The van der Waals surface area contributed by atoms with Crippen molar-refractivity contribution in [2.24, 2.45) is 0 Å². The number of hydrogen-bond donors (Lipinski definition) is 2. The summed E-state index contributed by atoms with van der Waals surface area (Å²) in [6.45, 7) is 0.644. The Hall–Kier alpha value is -2.52. The van der Waals surface area contributed by atoms with E-state index in [0.29, 0.717) is 22.4 Å². The number of aromatic nitrogens is 2. The Labute approximate surface area is 161 Å². The number of rotatable bonds is 5. The summed E-state index contributed by atoms with van der Waals surface area (Å²) < 4.78 is 0. The van der Waals surface area contributed by atoms with Crippen LogP contribution in [0.3, 0.4) is 0 Å². The average Bonchev–Trinajstić information content (AvgIpc) is 3.03. The molecule has 0 saturated carbocycles. The second kappa shape index (κ2) is 7.79. The number of halogens is 2. The zero-order valence-corrected chi connectivity index (χ0v) is 15.5. The van der Waals surface area contributed by atoms with Gasteiger partial charge >= 0.3 is 0 Å². The van der Waals surface area contributed by atoms with Crippen LogP contribution in [0, 0.1) is 11.3 Å². The number of hydrogen-bond acceptors (Lipinski definition) is 4. The number of nitrogens with zero attached hydrogens (tertiary/aromatic N) is 3. The summed E-state index contributed by atoms with van der Waals surface area (Å²) in [6, 6.07) is 14.9. The predicted octanol–water partition coefficient (Wildman–Crippen LogP) is 4.79. The van der Waals surface area contributed by atoms with Gasteiger partial charge in [0.2, 0.25) is 0 Å². The first-order chi connectivity index (χ1) is 12.5. The number of aliphatic hydroxyl groups is 1. The van der Waals surface area contributed by atoms with Crippen molar-refractivity contribution >= 4 is 39.8 Å². The van der Waals surface area contributed by atoms with E-state index in [1.807, 2.05) is 54.4 Å². The summed E-state index contributed by atoms with van der Waals surface area (Å²) in [5.41, 5.74) is 2.51. The molecule has 3 aromatic rings. The van der Waals surface area contributed by atoms with Gasteiger partial charge in [-0.25, -0.2) is 4.98 Å². The molecule has 1 heterocycles. The number of allylic oxidation sites excluding steroid dienone is 1. The fourth-order valence-electron chi connectivity index (χ4n) is 2.68. The smallest absolute Gasteiger partial charge is 0.152 e. The first-order valence-corrected chi connectivity index (χ1v) is 8.64. The van der Waals surface area contributed by atoms with Crippen molar-refractivity contribution in [1.29, 1.82) is 5.26 Å². The fraction of sp³-hybridized carbons (Fsp3) is 0.158. The van der Waals surface area contributed by atoms with E-state index in [-0.39, 0.29) is 17.9 Å². The molecule has 0 atom stereocenters. The molecule has 132 valence electrons. The van der Waals surface area contributed by atoms with Crippen LogP contribution in [0.25, 0.3) is 16.6 Å². The minimum Gasteiger partial charge on any atom is -0.509 e. The highest BCUT2D eigenvalue weighted by atomic mass is 35.5. The average molecular weight is 387 g/mol. The molecule has 0 aliphatic rings. The van der Waals surface area contributed by atoms with Gasteiger partial charge < -0.3 is 10.1 Å². The van der Waals surface area contributed by atoms with Crippen molar-refractivity contribution < 1.29 is 5.11 Å². The van der Waals surface area contributed by atoms with E-state index in [4.69, 9.17) is 23.2 Å². The van der Waals surface area contributed by atoms with Crippen LogP contribution in [0.1, 0.15) is 11.4 Å². The second-order valence-corrected chi connectivity index (χ2v) is 6.71. The van der Waals surface area contributed by atoms with E-state index >= 15 is 0 Å². The topological polar surface area (TPSA) is 75.9 Å². The van der Waals surface area contributed by atoms with Gasteiger partial charge in [-0.15, -0.1) is 0 Å². The van der Waals surface area contributed by atoms with Gasteiger partial charge in [0.15, 0.2) is 5.82 Å². The maximum absolute atomic E-state index is 10.5. The number of likely N-dealkylation sites (N-methyl/N-ethyl adjacent to an activating group) is 1. The standard InChI is InChI=1S/C19H16Cl2N4O/c1-25(10-12-5-4-6-14(20)18(12)21)11-17(26)13(9-22)19-23-15-7-2-3-8-16(15)24-19/h2-8,26H,10-11H2,1H3,(H,23,24)/b17-13-. The van der Waals surface area contributed by atoms with Gasteiger partial charge in [0.05, 0.1) is 27.6 Å². The maximum Gasteiger partial charge on any atom is 0.152 e. The Morgan fingerprint density at radius 2 is 2.00 bits per heavy atom.